The molecule has 0 spiro atoms. The topological polar surface area (TPSA) is 58.2 Å². The molecule has 1 fully saturated rings. The monoisotopic (exact) mass is 366 g/mol. The molecule has 4 nitrogen and oxygen atoms in total. The Morgan fingerprint density at radius 1 is 0.944 bits per heavy atom. The summed E-state index contributed by atoms with van der Waals surface area (Å²) in [6.45, 7) is 5.70. The fourth-order valence-corrected chi connectivity index (χ4v) is 2.25. The van der Waals surface area contributed by atoms with E-state index in [0.29, 0.717) is 0 Å². The minimum atomic E-state index is 0.0148. The molecule has 18 heavy (non-hydrogen) atoms. The number of carbonyl (C=O) groups is 2. The second-order valence-corrected chi connectivity index (χ2v) is 7.20. The van der Waals surface area contributed by atoms with E-state index in [1.165, 1.54) is 0 Å². The Bertz CT molecular complexity index is 267. The van der Waals surface area contributed by atoms with E-state index in [1.807, 2.05) is 20.8 Å². The van der Waals surface area contributed by atoms with Crippen LogP contribution in [0.2, 0.25) is 0 Å². The molecule has 5 heteroatoms. The van der Waals surface area contributed by atoms with Gasteiger partial charge in [-0.25, -0.2) is 0 Å². The molecule has 104 valence electrons. The summed E-state index contributed by atoms with van der Waals surface area (Å²) >= 11 is 2.12. The van der Waals surface area contributed by atoms with Gasteiger partial charge in [-0.2, -0.15) is 0 Å². The largest absolute Gasteiger partial charge is 0.353 e. The highest BCUT2D eigenvalue weighted by atomic mass is 127. The molecule has 1 rings (SSSR count). The molecule has 1 aliphatic carbocycles. The lowest BCUT2D eigenvalue weighted by atomic mass is 9.90. The van der Waals surface area contributed by atoms with Crippen LogP contribution in [0.4, 0.5) is 0 Å². The van der Waals surface area contributed by atoms with E-state index in [2.05, 4.69) is 33.2 Å². The van der Waals surface area contributed by atoms with E-state index in [9.17, 15) is 9.59 Å². The first-order valence-corrected chi connectivity index (χ1v) is 7.89. The summed E-state index contributed by atoms with van der Waals surface area (Å²) in [5.74, 6) is 0.288. The Labute approximate surface area is 123 Å². The third-order valence-corrected chi connectivity index (χ3v) is 3.87. The Kier molecular flexibility index (Phi) is 6.38. The minimum absolute atomic E-state index is 0.0148. The van der Waals surface area contributed by atoms with Gasteiger partial charge in [-0.15, -0.1) is 0 Å². The van der Waals surface area contributed by atoms with E-state index in [-0.39, 0.29) is 33.7 Å². The van der Waals surface area contributed by atoms with Crippen molar-refractivity contribution < 1.29 is 9.59 Å². The maximum Gasteiger partial charge on any atom is 0.232 e. The third-order valence-electron chi connectivity index (χ3n) is 3.31. The number of rotatable bonds is 4. The quantitative estimate of drug-likeness (QED) is 0.591. The summed E-state index contributed by atoms with van der Waals surface area (Å²) in [6, 6.07) is 0.562. The highest BCUT2D eigenvalue weighted by molar-refractivity contribution is 14.1. The zero-order valence-corrected chi connectivity index (χ0v) is 13.5. The van der Waals surface area contributed by atoms with Crippen molar-refractivity contribution in [2.45, 2.75) is 62.5 Å². The van der Waals surface area contributed by atoms with Gasteiger partial charge in [0.1, 0.15) is 0 Å². The first-order chi connectivity index (χ1) is 8.40. The number of hydrogen-bond donors (Lipinski definition) is 2. The summed E-state index contributed by atoms with van der Waals surface area (Å²) in [6.07, 6.45) is 3.83. The Balaban J connectivity index is 2.28. The molecule has 1 saturated carbocycles. The predicted octanol–water partition coefficient (Wildman–Crippen LogP) is 2.01. The van der Waals surface area contributed by atoms with Crippen molar-refractivity contribution in [3.63, 3.8) is 0 Å². The van der Waals surface area contributed by atoms with Crippen molar-refractivity contribution in [1.82, 2.24) is 10.6 Å². The standard InChI is InChI=1S/C13H23IN2O2/c1-8(2)12(17)15-10-4-6-11(7-5-10)16-13(18)9(3)14/h8-11H,4-7H2,1-3H3,(H,15,17)(H,16,18). The van der Waals surface area contributed by atoms with Gasteiger partial charge in [0.25, 0.3) is 0 Å². The fourth-order valence-electron chi connectivity index (χ4n) is 2.07. The van der Waals surface area contributed by atoms with Crippen LogP contribution < -0.4 is 10.6 Å². The molecule has 0 radical (unpaired) electrons. The van der Waals surface area contributed by atoms with Crippen molar-refractivity contribution in [2.24, 2.45) is 5.92 Å². The minimum Gasteiger partial charge on any atom is -0.353 e. The molecule has 0 heterocycles. The normalized spacial score (nSPS) is 25.6. The molecule has 0 bridgehead atoms. The molecule has 0 aromatic heterocycles. The molecule has 1 atom stereocenters. The van der Waals surface area contributed by atoms with Crippen LogP contribution in [0.15, 0.2) is 0 Å². The van der Waals surface area contributed by atoms with Gasteiger partial charge in [-0.3, -0.25) is 9.59 Å². The van der Waals surface area contributed by atoms with E-state index < -0.39 is 0 Å². The fraction of sp³-hybridized carbons (Fsp3) is 0.846. The second-order valence-electron chi connectivity index (χ2n) is 5.34. The van der Waals surface area contributed by atoms with Gasteiger partial charge in [-0.1, -0.05) is 36.4 Å². The van der Waals surface area contributed by atoms with Gasteiger partial charge >= 0.3 is 0 Å². The average Bonchev–Trinajstić information content (AvgIpc) is 2.31. The molecular weight excluding hydrogens is 343 g/mol. The van der Waals surface area contributed by atoms with E-state index in [0.717, 1.165) is 25.7 Å². The zero-order chi connectivity index (χ0) is 13.7. The molecule has 1 aliphatic rings. The molecule has 0 aromatic rings. The Morgan fingerprint density at radius 3 is 1.67 bits per heavy atom. The number of hydrogen-bond acceptors (Lipinski definition) is 2. The molecule has 2 amide bonds. The first kappa shape index (κ1) is 15.7. The van der Waals surface area contributed by atoms with Crippen molar-refractivity contribution in [3.8, 4) is 0 Å². The van der Waals surface area contributed by atoms with E-state index in [4.69, 9.17) is 0 Å². The van der Waals surface area contributed by atoms with Crippen LogP contribution in [0.5, 0.6) is 0 Å². The summed E-state index contributed by atoms with van der Waals surface area (Å²) < 4.78 is 0.0148. The van der Waals surface area contributed by atoms with Crippen molar-refractivity contribution in [3.05, 3.63) is 0 Å². The van der Waals surface area contributed by atoms with Gasteiger partial charge in [-0.05, 0) is 32.6 Å². The lowest BCUT2D eigenvalue weighted by Gasteiger charge is -2.30. The highest BCUT2D eigenvalue weighted by Crippen LogP contribution is 2.19. The van der Waals surface area contributed by atoms with Crippen LogP contribution in [0, 0.1) is 5.92 Å². The maximum atomic E-state index is 11.6. The van der Waals surface area contributed by atoms with E-state index >= 15 is 0 Å². The molecular formula is C13H23IN2O2. The number of carbonyl (C=O) groups excluding carboxylic acids is 2. The van der Waals surface area contributed by atoms with Gasteiger partial charge in [0.05, 0.1) is 3.92 Å². The highest BCUT2D eigenvalue weighted by Gasteiger charge is 2.24. The summed E-state index contributed by atoms with van der Waals surface area (Å²) in [4.78, 5) is 23.1. The lowest BCUT2D eigenvalue weighted by molar-refractivity contribution is -0.125. The number of nitrogens with one attached hydrogen (secondary N) is 2. The van der Waals surface area contributed by atoms with E-state index in [1.54, 1.807) is 0 Å². The van der Waals surface area contributed by atoms with Gasteiger partial charge in [0, 0.05) is 18.0 Å². The van der Waals surface area contributed by atoms with Crippen LogP contribution in [-0.2, 0) is 9.59 Å². The summed E-state index contributed by atoms with van der Waals surface area (Å²) in [7, 11) is 0. The molecule has 0 aromatic carbocycles. The maximum absolute atomic E-state index is 11.6. The smallest absolute Gasteiger partial charge is 0.232 e. The van der Waals surface area contributed by atoms with Crippen molar-refractivity contribution in [2.75, 3.05) is 0 Å². The molecule has 0 saturated heterocycles. The molecule has 0 aliphatic heterocycles. The number of alkyl halides is 1. The Hall–Kier alpha value is -0.330. The Morgan fingerprint density at radius 2 is 1.33 bits per heavy atom. The van der Waals surface area contributed by atoms with Crippen LogP contribution in [0.25, 0.3) is 0 Å². The molecule has 2 N–H and O–H groups in total. The van der Waals surface area contributed by atoms with Crippen LogP contribution in [0.3, 0.4) is 0 Å². The number of amides is 2. The van der Waals surface area contributed by atoms with Crippen molar-refractivity contribution >= 4 is 34.4 Å². The third kappa shape index (κ3) is 5.12. The summed E-state index contributed by atoms with van der Waals surface area (Å²) in [5.41, 5.74) is 0. The van der Waals surface area contributed by atoms with Crippen LogP contribution in [0.1, 0.15) is 46.5 Å². The van der Waals surface area contributed by atoms with Gasteiger partial charge < -0.3 is 10.6 Å². The second kappa shape index (κ2) is 7.31. The van der Waals surface area contributed by atoms with Gasteiger partial charge in [0.2, 0.25) is 11.8 Å². The summed E-state index contributed by atoms with van der Waals surface area (Å²) in [5, 5.41) is 6.12. The predicted molar refractivity (Wildman–Crippen MR) is 80.6 cm³/mol. The lowest BCUT2D eigenvalue weighted by Crippen LogP contribution is -2.45. The van der Waals surface area contributed by atoms with Crippen molar-refractivity contribution in [1.29, 1.82) is 0 Å². The number of halogens is 1. The SMILES string of the molecule is CC(C)C(=O)NC1CCC(NC(=O)C(C)I)CC1. The van der Waals surface area contributed by atoms with Gasteiger partial charge in [0.15, 0.2) is 0 Å². The van der Waals surface area contributed by atoms with Crippen LogP contribution in [-0.4, -0.2) is 27.8 Å². The molecule has 1 unspecified atom stereocenters. The first-order valence-electron chi connectivity index (χ1n) is 6.65. The van der Waals surface area contributed by atoms with Crippen LogP contribution >= 0.6 is 22.6 Å². The average molecular weight is 366 g/mol. The zero-order valence-electron chi connectivity index (χ0n) is 11.3.